The number of nitrogens with one attached hydrogen (secondary N) is 2. The SMILES string of the molecule is O=C(NCCc1ccc(Cl)s1)c1ccc(-c2ccco2)[nH]c1=O. The summed E-state index contributed by atoms with van der Waals surface area (Å²) in [5, 5.41) is 2.73. The molecule has 118 valence electrons. The normalized spacial score (nSPS) is 10.7. The number of aromatic amines is 1. The van der Waals surface area contributed by atoms with E-state index in [1.54, 1.807) is 18.2 Å². The van der Waals surface area contributed by atoms with Crippen LogP contribution in [0.4, 0.5) is 0 Å². The molecule has 0 saturated heterocycles. The Balaban J connectivity index is 1.64. The lowest BCUT2D eigenvalue weighted by atomic mass is 10.2. The maximum absolute atomic E-state index is 12.1. The lowest BCUT2D eigenvalue weighted by Crippen LogP contribution is -2.30. The van der Waals surface area contributed by atoms with Crippen LogP contribution in [-0.4, -0.2) is 17.4 Å². The molecule has 0 aliphatic heterocycles. The van der Waals surface area contributed by atoms with E-state index in [0.29, 0.717) is 24.4 Å². The average molecular weight is 349 g/mol. The Labute approximate surface area is 140 Å². The van der Waals surface area contributed by atoms with Gasteiger partial charge in [-0.15, -0.1) is 11.3 Å². The smallest absolute Gasteiger partial charge is 0.261 e. The van der Waals surface area contributed by atoms with Crippen molar-refractivity contribution in [2.24, 2.45) is 0 Å². The van der Waals surface area contributed by atoms with Crippen LogP contribution in [0.2, 0.25) is 4.34 Å². The number of H-pyrrole nitrogens is 1. The summed E-state index contributed by atoms with van der Waals surface area (Å²) in [7, 11) is 0. The zero-order valence-electron chi connectivity index (χ0n) is 12.0. The van der Waals surface area contributed by atoms with Crippen LogP contribution >= 0.6 is 22.9 Å². The summed E-state index contributed by atoms with van der Waals surface area (Å²) >= 11 is 7.33. The first kappa shape index (κ1) is 15.6. The largest absolute Gasteiger partial charge is 0.463 e. The molecule has 0 fully saturated rings. The van der Waals surface area contributed by atoms with Crippen molar-refractivity contribution >= 4 is 28.8 Å². The van der Waals surface area contributed by atoms with E-state index in [2.05, 4.69) is 10.3 Å². The molecule has 7 heteroatoms. The third-order valence-electron chi connectivity index (χ3n) is 3.23. The lowest BCUT2D eigenvalue weighted by Gasteiger charge is -2.04. The molecular weight excluding hydrogens is 336 g/mol. The number of hydrogen-bond acceptors (Lipinski definition) is 4. The Kier molecular flexibility index (Phi) is 4.64. The van der Waals surface area contributed by atoms with E-state index in [-0.39, 0.29) is 5.56 Å². The summed E-state index contributed by atoms with van der Waals surface area (Å²) in [4.78, 5) is 27.8. The minimum Gasteiger partial charge on any atom is -0.463 e. The van der Waals surface area contributed by atoms with E-state index in [9.17, 15) is 9.59 Å². The molecule has 0 saturated carbocycles. The third kappa shape index (κ3) is 3.72. The van der Waals surface area contributed by atoms with Crippen LogP contribution in [0.5, 0.6) is 0 Å². The van der Waals surface area contributed by atoms with Crippen molar-refractivity contribution < 1.29 is 9.21 Å². The number of hydrogen-bond donors (Lipinski definition) is 2. The Morgan fingerprint density at radius 2 is 2.13 bits per heavy atom. The quantitative estimate of drug-likeness (QED) is 0.742. The summed E-state index contributed by atoms with van der Waals surface area (Å²) in [6.45, 7) is 0.440. The molecule has 0 radical (unpaired) electrons. The minimum absolute atomic E-state index is 0.0736. The molecule has 23 heavy (non-hydrogen) atoms. The molecule has 0 bridgehead atoms. The summed E-state index contributed by atoms with van der Waals surface area (Å²) < 4.78 is 5.93. The van der Waals surface area contributed by atoms with Crippen molar-refractivity contribution in [2.45, 2.75) is 6.42 Å². The van der Waals surface area contributed by atoms with E-state index in [4.69, 9.17) is 16.0 Å². The van der Waals surface area contributed by atoms with Gasteiger partial charge in [0, 0.05) is 11.4 Å². The maximum Gasteiger partial charge on any atom is 0.261 e. The summed E-state index contributed by atoms with van der Waals surface area (Å²) in [6.07, 6.45) is 2.19. The number of halogens is 1. The van der Waals surface area contributed by atoms with Gasteiger partial charge in [0.1, 0.15) is 11.3 Å². The Bertz CT molecular complexity index is 868. The first-order chi connectivity index (χ1) is 11.1. The topological polar surface area (TPSA) is 75.1 Å². The molecule has 0 spiro atoms. The van der Waals surface area contributed by atoms with Crippen LogP contribution in [0.15, 0.2) is 51.9 Å². The van der Waals surface area contributed by atoms with Crippen LogP contribution in [0, 0.1) is 0 Å². The zero-order chi connectivity index (χ0) is 16.2. The number of carbonyl (C=O) groups is 1. The van der Waals surface area contributed by atoms with Gasteiger partial charge in [-0.05, 0) is 42.8 Å². The fourth-order valence-corrected chi connectivity index (χ4v) is 3.20. The van der Waals surface area contributed by atoms with Crippen LogP contribution in [0.25, 0.3) is 11.5 Å². The third-order valence-corrected chi connectivity index (χ3v) is 4.52. The van der Waals surface area contributed by atoms with Crippen molar-refractivity contribution in [3.63, 3.8) is 0 Å². The Morgan fingerprint density at radius 3 is 2.78 bits per heavy atom. The Morgan fingerprint density at radius 1 is 1.26 bits per heavy atom. The van der Waals surface area contributed by atoms with Gasteiger partial charge in [-0.3, -0.25) is 9.59 Å². The summed E-state index contributed by atoms with van der Waals surface area (Å²) in [6, 6.07) is 10.3. The van der Waals surface area contributed by atoms with Crippen molar-refractivity contribution in [1.29, 1.82) is 0 Å². The summed E-state index contributed by atoms with van der Waals surface area (Å²) in [5.41, 5.74) is 0.157. The first-order valence-electron chi connectivity index (χ1n) is 6.93. The predicted molar refractivity (Wildman–Crippen MR) is 90.1 cm³/mol. The number of rotatable bonds is 5. The van der Waals surface area contributed by atoms with Gasteiger partial charge in [-0.1, -0.05) is 11.6 Å². The number of thiophene rings is 1. The van der Waals surface area contributed by atoms with Gasteiger partial charge in [-0.25, -0.2) is 0 Å². The number of pyridine rings is 1. The number of furan rings is 1. The van der Waals surface area contributed by atoms with Crippen LogP contribution < -0.4 is 10.9 Å². The second-order valence-electron chi connectivity index (χ2n) is 4.80. The van der Waals surface area contributed by atoms with E-state index in [1.807, 2.05) is 12.1 Å². The van der Waals surface area contributed by atoms with Crippen LogP contribution in [0.3, 0.4) is 0 Å². The molecule has 0 aromatic carbocycles. The second-order valence-corrected chi connectivity index (χ2v) is 6.60. The van der Waals surface area contributed by atoms with Crippen molar-refractivity contribution in [2.75, 3.05) is 6.54 Å². The van der Waals surface area contributed by atoms with Gasteiger partial charge in [0.25, 0.3) is 11.5 Å². The first-order valence-corrected chi connectivity index (χ1v) is 8.12. The highest BCUT2D eigenvalue weighted by molar-refractivity contribution is 7.16. The highest BCUT2D eigenvalue weighted by Crippen LogP contribution is 2.21. The van der Waals surface area contributed by atoms with Gasteiger partial charge >= 0.3 is 0 Å². The standard InChI is InChI=1S/C16H13ClN2O3S/c17-14-6-3-10(23-14)7-8-18-15(20)11-4-5-12(19-16(11)21)13-2-1-9-22-13/h1-6,9H,7-8H2,(H,18,20)(H,19,21). The van der Waals surface area contributed by atoms with Crippen molar-refractivity contribution in [3.8, 4) is 11.5 Å². The zero-order valence-corrected chi connectivity index (χ0v) is 13.5. The molecule has 3 heterocycles. The van der Waals surface area contributed by atoms with Crippen molar-refractivity contribution in [3.05, 3.63) is 67.8 Å². The monoisotopic (exact) mass is 348 g/mol. The number of carbonyl (C=O) groups excluding carboxylic acids is 1. The minimum atomic E-state index is -0.449. The van der Waals surface area contributed by atoms with Crippen LogP contribution in [0.1, 0.15) is 15.2 Å². The van der Waals surface area contributed by atoms with Gasteiger partial charge < -0.3 is 14.7 Å². The second kappa shape index (κ2) is 6.85. The molecule has 0 atom stereocenters. The molecule has 0 aliphatic rings. The Hall–Kier alpha value is -2.31. The molecule has 0 unspecified atom stereocenters. The molecule has 3 aromatic rings. The molecule has 3 rings (SSSR count). The number of amides is 1. The van der Waals surface area contributed by atoms with E-state index < -0.39 is 11.5 Å². The van der Waals surface area contributed by atoms with Crippen molar-refractivity contribution in [1.82, 2.24) is 10.3 Å². The maximum atomic E-state index is 12.1. The summed E-state index contributed by atoms with van der Waals surface area (Å²) in [5.74, 6) is 0.142. The van der Waals surface area contributed by atoms with Crippen LogP contribution in [-0.2, 0) is 6.42 Å². The number of aromatic nitrogens is 1. The molecule has 1 amide bonds. The van der Waals surface area contributed by atoms with E-state index in [1.165, 1.54) is 23.7 Å². The molecule has 2 N–H and O–H groups in total. The van der Waals surface area contributed by atoms with E-state index in [0.717, 1.165) is 9.21 Å². The lowest BCUT2D eigenvalue weighted by molar-refractivity contribution is 0.0952. The highest BCUT2D eigenvalue weighted by atomic mass is 35.5. The molecule has 0 aliphatic carbocycles. The fourth-order valence-electron chi connectivity index (χ4n) is 2.11. The van der Waals surface area contributed by atoms with E-state index >= 15 is 0 Å². The van der Waals surface area contributed by atoms with Gasteiger partial charge in [0.2, 0.25) is 0 Å². The highest BCUT2D eigenvalue weighted by Gasteiger charge is 2.12. The van der Waals surface area contributed by atoms with Gasteiger partial charge in [0.05, 0.1) is 16.3 Å². The predicted octanol–water partition coefficient (Wildman–Crippen LogP) is 3.32. The molecule has 3 aromatic heterocycles. The molecular formula is C16H13ClN2O3S. The van der Waals surface area contributed by atoms with Gasteiger partial charge in [0.15, 0.2) is 0 Å². The average Bonchev–Trinajstić information content (AvgIpc) is 3.18. The van der Waals surface area contributed by atoms with Gasteiger partial charge in [-0.2, -0.15) is 0 Å². The molecule has 5 nitrogen and oxygen atoms in total. The fraction of sp³-hybridized carbons (Fsp3) is 0.125.